The highest BCUT2D eigenvalue weighted by atomic mass is 79.9. The minimum atomic E-state index is -0.117. The van der Waals surface area contributed by atoms with Gasteiger partial charge >= 0.3 is 0 Å². The van der Waals surface area contributed by atoms with E-state index in [9.17, 15) is 4.79 Å². The van der Waals surface area contributed by atoms with Crippen LogP contribution in [-0.2, 0) is 0 Å². The summed E-state index contributed by atoms with van der Waals surface area (Å²) in [6.45, 7) is 1.02. The number of pyridine rings is 1. The van der Waals surface area contributed by atoms with Gasteiger partial charge in [-0.2, -0.15) is 0 Å². The van der Waals surface area contributed by atoms with Crippen LogP contribution in [0.15, 0.2) is 65.3 Å². The number of carbonyl (C=O) groups excluding carboxylic acids is 1. The van der Waals surface area contributed by atoms with Crippen molar-refractivity contribution >= 4 is 39.3 Å². The second-order valence-corrected chi connectivity index (χ2v) is 6.25. The number of halogens is 1. The Morgan fingerprint density at radius 2 is 1.77 bits per heavy atom. The van der Waals surface area contributed by atoms with E-state index in [1.165, 1.54) is 0 Å². The van der Waals surface area contributed by atoms with Crippen molar-refractivity contribution in [3.8, 4) is 0 Å². The first-order valence-corrected chi connectivity index (χ1v) is 8.79. The van der Waals surface area contributed by atoms with Gasteiger partial charge in [-0.1, -0.05) is 28.1 Å². The van der Waals surface area contributed by atoms with Crippen LogP contribution in [0.4, 0.5) is 17.5 Å². The zero-order valence-electron chi connectivity index (χ0n) is 13.8. The van der Waals surface area contributed by atoms with Crippen LogP contribution in [0.2, 0.25) is 0 Å². The molecule has 0 fully saturated rings. The molecule has 2 aromatic heterocycles. The van der Waals surface area contributed by atoms with Crippen LogP contribution in [0.25, 0.3) is 0 Å². The maximum atomic E-state index is 12.0. The summed E-state index contributed by atoms with van der Waals surface area (Å²) < 4.78 is 0.873. The second-order valence-electron chi connectivity index (χ2n) is 5.34. The predicted molar refractivity (Wildman–Crippen MR) is 105 cm³/mol. The van der Waals surface area contributed by atoms with Crippen LogP contribution in [0, 0.1) is 0 Å². The van der Waals surface area contributed by atoms with E-state index in [0.717, 1.165) is 4.47 Å². The molecule has 0 bridgehead atoms. The molecule has 0 radical (unpaired) electrons. The lowest BCUT2D eigenvalue weighted by Crippen LogP contribution is -2.28. The number of hydrogen-bond donors (Lipinski definition) is 3. The number of aromatic nitrogens is 3. The van der Waals surface area contributed by atoms with E-state index in [1.807, 2.05) is 42.5 Å². The third-order valence-corrected chi connectivity index (χ3v) is 3.88. The highest BCUT2D eigenvalue weighted by Crippen LogP contribution is 2.12. The Hall–Kier alpha value is -3.00. The van der Waals surface area contributed by atoms with Crippen molar-refractivity contribution in [1.82, 2.24) is 20.5 Å². The Morgan fingerprint density at radius 3 is 2.50 bits per heavy atom. The summed E-state index contributed by atoms with van der Waals surface area (Å²) in [5.74, 6) is 1.83. The van der Waals surface area contributed by atoms with Gasteiger partial charge in [0.1, 0.15) is 11.6 Å². The topological polar surface area (TPSA) is 91.8 Å². The van der Waals surface area contributed by atoms with E-state index >= 15 is 0 Å². The first kappa shape index (κ1) is 17.8. The van der Waals surface area contributed by atoms with Crippen LogP contribution < -0.4 is 16.0 Å². The summed E-state index contributed by atoms with van der Waals surface area (Å²) in [5, 5.41) is 17.2. The monoisotopic (exact) mass is 412 g/mol. The summed E-state index contributed by atoms with van der Waals surface area (Å²) in [6, 6.07) is 16.5. The number of hydrogen-bond acceptors (Lipinski definition) is 6. The van der Waals surface area contributed by atoms with Gasteiger partial charge in [0.05, 0.1) is 0 Å². The molecule has 1 amide bonds. The van der Waals surface area contributed by atoms with E-state index in [1.54, 1.807) is 18.3 Å². The molecule has 132 valence electrons. The number of anilines is 3. The molecule has 0 atom stereocenters. The molecule has 8 heteroatoms. The van der Waals surface area contributed by atoms with Crippen LogP contribution in [-0.4, -0.2) is 34.2 Å². The van der Waals surface area contributed by atoms with Crippen molar-refractivity contribution in [1.29, 1.82) is 0 Å². The number of rotatable bonds is 7. The summed E-state index contributed by atoms with van der Waals surface area (Å²) >= 11 is 3.35. The Labute approximate surface area is 159 Å². The molecule has 0 aliphatic heterocycles. The van der Waals surface area contributed by atoms with Crippen molar-refractivity contribution in [3.63, 3.8) is 0 Å². The minimum Gasteiger partial charge on any atom is -0.367 e. The van der Waals surface area contributed by atoms with Gasteiger partial charge in [0.15, 0.2) is 5.82 Å². The van der Waals surface area contributed by atoms with Gasteiger partial charge in [-0.25, -0.2) is 4.98 Å². The van der Waals surface area contributed by atoms with Crippen LogP contribution in [0.1, 0.15) is 10.4 Å². The Balaban J connectivity index is 1.43. The molecule has 0 spiro atoms. The average Bonchev–Trinajstić information content (AvgIpc) is 2.67. The summed E-state index contributed by atoms with van der Waals surface area (Å²) in [4.78, 5) is 16.2. The number of amides is 1. The molecule has 1 aromatic carbocycles. The van der Waals surface area contributed by atoms with Gasteiger partial charge in [-0.3, -0.25) is 4.79 Å². The van der Waals surface area contributed by atoms with Crippen molar-refractivity contribution in [2.45, 2.75) is 0 Å². The smallest absolute Gasteiger partial charge is 0.251 e. The standard InChI is InChI=1S/C18H17BrN6O/c19-14-5-3-4-13(12-14)18(26)22-11-10-21-16-7-8-17(25-24-16)23-15-6-1-2-9-20-15/h1-9,12H,10-11H2,(H,21,24)(H,22,26)(H,20,23,25). The van der Waals surface area contributed by atoms with Crippen molar-refractivity contribution in [3.05, 3.63) is 70.8 Å². The van der Waals surface area contributed by atoms with Crippen LogP contribution in [0.3, 0.4) is 0 Å². The third-order valence-electron chi connectivity index (χ3n) is 3.39. The van der Waals surface area contributed by atoms with Gasteiger partial charge in [-0.15, -0.1) is 10.2 Å². The number of benzene rings is 1. The molecule has 0 aliphatic carbocycles. The first-order chi connectivity index (χ1) is 12.7. The lowest BCUT2D eigenvalue weighted by Gasteiger charge is -2.08. The highest BCUT2D eigenvalue weighted by Gasteiger charge is 2.05. The van der Waals surface area contributed by atoms with Gasteiger partial charge in [0.25, 0.3) is 5.91 Å². The molecular weight excluding hydrogens is 396 g/mol. The number of nitrogens with zero attached hydrogens (tertiary/aromatic N) is 3. The fourth-order valence-electron chi connectivity index (χ4n) is 2.16. The molecule has 3 N–H and O–H groups in total. The fourth-order valence-corrected chi connectivity index (χ4v) is 2.56. The van der Waals surface area contributed by atoms with Crippen molar-refractivity contribution in [2.75, 3.05) is 23.7 Å². The molecule has 2 heterocycles. The maximum absolute atomic E-state index is 12.0. The van der Waals surface area contributed by atoms with Crippen LogP contribution in [0.5, 0.6) is 0 Å². The molecule has 3 rings (SSSR count). The summed E-state index contributed by atoms with van der Waals surface area (Å²) in [6.07, 6.45) is 1.70. The van der Waals surface area contributed by atoms with Gasteiger partial charge in [0.2, 0.25) is 0 Å². The lowest BCUT2D eigenvalue weighted by molar-refractivity contribution is 0.0955. The molecule has 3 aromatic rings. The van der Waals surface area contributed by atoms with E-state index in [-0.39, 0.29) is 5.91 Å². The van der Waals surface area contributed by atoms with E-state index in [0.29, 0.717) is 36.1 Å². The van der Waals surface area contributed by atoms with Crippen molar-refractivity contribution < 1.29 is 4.79 Å². The van der Waals surface area contributed by atoms with Gasteiger partial charge in [-0.05, 0) is 42.5 Å². The Morgan fingerprint density at radius 1 is 0.923 bits per heavy atom. The molecule has 26 heavy (non-hydrogen) atoms. The largest absolute Gasteiger partial charge is 0.367 e. The van der Waals surface area contributed by atoms with E-state index in [2.05, 4.69) is 47.1 Å². The van der Waals surface area contributed by atoms with Gasteiger partial charge in [0, 0.05) is 29.3 Å². The fraction of sp³-hybridized carbons (Fsp3) is 0.111. The molecule has 0 saturated carbocycles. The van der Waals surface area contributed by atoms with E-state index in [4.69, 9.17) is 0 Å². The molecule has 0 aliphatic rings. The van der Waals surface area contributed by atoms with Crippen LogP contribution >= 0.6 is 15.9 Å². The molecular formula is C18H17BrN6O. The number of carbonyl (C=O) groups is 1. The third kappa shape index (κ3) is 5.25. The zero-order valence-corrected chi connectivity index (χ0v) is 15.4. The second kappa shape index (κ2) is 8.91. The SMILES string of the molecule is O=C(NCCNc1ccc(Nc2ccccn2)nn1)c1cccc(Br)c1. The minimum absolute atomic E-state index is 0.117. The Bertz CT molecular complexity index is 857. The molecule has 0 saturated heterocycles. The summed E-state index contributed by atoms with van der Waals surface area (Å²) in [7, 11) is 0. The predicted octanol–water partition coefficient (Wildman–Crippen LogP) is 3.22. The quantitative estimate of drug-likeness (QED) is 0.516. The van der Waals surface area contributed by atoms with E-state index < -0.39 is 0 Å². The molecule has 7 nitrogen and oxygen atoms in total. The molecule has 0 unspecified atom stereocenters. The lowest BCUT2D eigenvalue weighted by atomic mass is 10.2. The van der Waals surface area contributed by atoms with Crippen molar-refractivity contribution in [2.24, 2.45) is 0 Å². The Kier molecular flexibility index (Phi) is 6.10. The highest BCUT2D eigenvalue weighted by molar-refractivity contribution is 9.10. The normalized spacial score (nSPS) is 10.2. The summed E-state index contributed by atoms with van der Waals surface area (Å²) in [5.41, 5.74) is 0.615. The zero-order chi connectivity index (χ0) is 18.2. The first-order valence-electron chi connectivity index (χ1n) is 8.00. The average molecular weight is 413 g/mol. The van der Waals surface area contributed by atoms with Gasteiger partial charge < -0.3 is 16.0 Å². The maximum Gasteiger partial charge on any atom is 0.251 e. The number of nitrogens with one attached hydrogen (secondary N) is 3.